The number of aromatic nitrogens is 1. The summed E-state index contributed by atoms with van der Waals surface area (Å²) < 4.78 is 0. The van der Waals surface area contributed by atoms with E-state index in [0.717, 1.165) is 24.6 Å². The van der Waals surface area contributed by atoms with Crippen molar-refractivity contribution in [2.75, 3.05) is 6.61 Å². The third kappa shape index (κ3) is 2.52. The highest BCUT2D eigenvalue weighted by atomic mass is 16.3. The van der Waals surface area contributed by atoms with Gasteiger partial charge >= 0.3 is 0 Å². The number of hydrogen-bond donors (Lipinski definition) is 3. The number of pyridine rings is 1. The molecule has 3 rings (SSSR count). The summed E-state index contributed by atoms with van der Waals surface area (Å²) in [5.41, 5.74) is 0.454. The van der Waals surface area contributed by atoms with Crippen molar-refractivity contribution in [3.8, 4) is 0 Å². The van der Waals surface area contributed by atoms with Gasteiger partial charge in [0.25, 0.3) is 5.91 Å². The standard InChI is InChI=1S/C17H20N2O3/c1-17(10-20)8-4-7-14(17)19-16(22)12-9-15(21)18-13-6-3-2-5-11(12)13/h2-3,5-6,9,14,20H,4,7-8,10H2,1H3,(H,18,21)(H,19,22). The van der Waals surface area contributed by atoms with Crippen molar-refractivity contribution in [1.82, 2.24) is 10.3 Å². The molecule has 0 radical (unpaired) electrons. The van der Waals surface area contributed by atoms with Gasteiger partial charge in [-0.3, -0.25) is 9.59 Å². The molecule has 1 amide bonds. The van der Waals surface area contributed by atoms with Crippen molar-refractivity contribution in [2.45, 2.75) is 32.2 Å². The van der Waals surface area contributed by atoms with Crippen LogP contribution in [0.1, 0.15) is 36.5 Å². The van der Waals surface area contributed by atoms with Crippen LogP contribution in [0.5, 0.6) is 0 Å². The van der Waals surface area contributed by atoms with Crippen LogP contribution in [0.15, 0.2) is 35.1 Å². The maximum absolute atomic E-state index is 12.6. The first kappa shape index (κ1) is 14.8. The number of fused-ring (bicyclic) bond motifs is 1. The van der Waals surface area contributed by atoms with Crippen LogP contribution in [0.3, 0.4) is 0 Å². The zero-order valence-corrected chi connectivity index (χ0v) is 12.6. The molecule has 1 heterocycles. The summed E-state index contributed by atoms with van der Waals surface area (Å²) in [5.74, 6) is -0.256. The highest BCUT2D eigenvalue weighted by molar-refractivity contribution is 6.06. The molecule has 2 atom stereocenters. The Morgan fingerprint density at radius 2 is 2.23 bits per heavy atom. The molecule has 0 saturated heterocycles. The Hall–Kier alpha value is -2.14. The first-order valence-corrected chi connectivity index (χ1v) is 7.57. The van der Waals surface area contributed by atoms with E-state index < -0.39 is 0 Å². The van der Waals surface area contributed by atoms with Crippen molar-refractivity contribution in [1.29, 1.82) is 0 Å². The number of aliphatic hydroxyl groups is 1. The van der Waals surface area contributed by atoms with E-state index >= 15 is 0 Å². The number of H-pyrrole nitrogens is 1. The summed E-state index contributed by atoms with van der Waals surface area (Å²) in [6.07, 6.45) is 2.73. The number of benzene rings is 1. The highest BCUT2D eigenvalue weighted by Gasteiger charge is 2.39. The van der Waals surface area contributed by atoms with Crippen molar-refractivity contribution in [3.63, 3.8) is 0 Å². The molecular weight excluding hydrogens is 280 g/mol. The van der Waals surface area contributed by atoms with E-state index in [-0.39, 0.29) is 29.5 Å². The zero-order valence-electron chi connectivity index (χ0n) is 12.6. The van der Waals surface area contributed by atoms with Gasteiger partial charge < -0.3 is 15.4 Å². The third-order valence-electron chi connectivity index (χ3n) is 4.74. The lowest BCUT2D eigenvalue weighted by Crippen LogP contribution is -2.45. The first-order valence-electron chi connectivity index (χ1n) is 7.57. The molecule has 1 aromatic heterocycles. The molecule has 2 unspecified atom stereocenters. The van der Waals surface area contributed by atoms with E-state index in [9.17, 15) is 14.7 Å². The molecule has 0 spiro atoms. The number of rotatable bonds is 3. The fourth-order valence-corrected chi connectivity index (χ4v) is 3.30. The van der Waals surface area contributed by atoms with Crippen molar-refractivity contribution >= 4 is 16.8 Å². The monoisotopic (exact) mass is 300 g/mol. The number of aliphatic hydroxyl groups excluding tert-OH is 1. The molecule has 3 N–H and O–H groups in total. The summed E-state index contributed by atoms with van der Waals surface area (Å²) in [6.45, 7) is 2.04. The van der Waals surface area contributed by atoms with Gasteiger partial charge in [0.2, 0.25) is 5.56 Å². The molecule has 1 aromatic carbocycles. The smallest absolute Gasteiger partial charge is 0.252 e. The molecule has 1 saturated carbocycles. The van der Waals surface area contributed by atoms with Crippen LogP contribution in [-0.2, 0) is 0 Å². The lowest BCUT2D eigenvalue weighted by molar-refractivity contribution is 0.0832. The van der Waals surface area contributed by atoms with Crippen LogP contribution in [0.25, 0.3) is 10.9 Å². The van der Waals surface area contributed by atoms with E-state index in [1.54, 1.807) is 6.07 Å². The van der Waals surface area contributed by atoms with Gasteiger partial charge in [0.1, 0.15) is 0 Å². The Balaban J connectivity index is 1.95. The van der Waals surface area contributed by atoms with Crippen LogP contribution in [-0.4, -0.2) is 28.6 Å². The lowest BCUT2D eigenvalue weighted by Gasteiger charge is -2.30. The van der Waals surface area contributed by atoms with Crippen LogP contribution in [0, 0.1) is 5.41 Å². The third-order valence-corrected chi connectivity index (χ3v) is 4.74. The lowest BCUT2D eigenvalue weighted by atomic mass is 9.85. The second-order valence-electron chi connectivity index (χ2n) is 6.32. The normalized spacial score (nSPS) is 24.5. The Labute approximate surface area is 128 Å². The average Bonchev–Trinajstić information content (AvgIpc) is 2.88. The fourth-order valence-electron chi connectivity index (χ4n) is 3.30. The first-order chi connectivity index (χ1) is 10.5. The van der Waals surface area contributed by atoms with Gasteiger partial charge in [-0.2, -0.15) is 0 Å². The van der Waals surface area contributed by atoms with Crippen LogP contribution >= 0.6 is 0 Å². The maximum atomic E-state index is 12.6. The summed E-state index contributed by atoms with van der Waals surface area (Å²) in [6, 6.07) is 8.53. The SMILES string of the molecule is CC1(CO)CCCC1NC(=O)c1cc(=O)[nH]c2ccccc12. The number of hydrogen-bond acceptors (Lipinski definition) is 3. The molecule has 5 heteroatoms. The number of amides is 1. The van der Waals surface area contributed by atoms with Gasteiger partial charge in [-0.1, -0.05) is 31.5 Å². The summed E-state index contributed by atoms with van der Waals surface area (Å²) in [4.78, 5) is 27.1. The molecule has 1 aliphatic carbocycles. The molecule has 1 fully saturated rings. The molecule has 2 aromatic rings. The quantitative estimate of drug-likeness (QED) is 0.808. The second-order valence-corrected chi connectivity index (χ2v) is 6.32. The number of para-hydroxylation sites is 1. The van der Waals surface area contributed by atoms with Crippen LogP contribution < -0.4 is 10.9 Å². The Morgan fingerprint density at radius 1 is 1.45 bits per heavy atom. The summed E-state index contributed by atoms with van der Waals surface area (Å²) in [7, 11) is 0. The second kappa shape index (κ2) is 5.57. The van der Waals surface area contributed by atoms with Crippen LogP contribution in [0.4, 0.5) is 0 Å². The molecule has 0 bridgehead atoms. The van der Waals surface area contributed by atoms with E-state index in [1.807, 2.05) is 25.1 Å². The zero-order chi connectivity index (χ0) is 15.7. The van der Waals surface area contributed by atoms with E-state index in [1.165, 1.54) is 6.07 Å². The number of carbonyl (C=O) groups is 1. The van der Waals surface area contributed by atoms with Gasteiger partial charge in [-0.15, -0.1) is 0 Å². The molecule has 116 valence electrons. The molecule has 22 heavy (non-hydrogen) atoms. The van der Waals surface area contributed by atoms with E-state index in [0.29, 0.717) is 11.1 Å². The van der Waals surface area contributed by atoms with Gasteiger partial charge in [0.05, 0.1) is 12.2 Å². The Bertz CT molecular complexity index is 768. The number of aromatic amines is 1. The molecule has 5 nitrogen and oxygen atoms in total. The van der Waals surface area contributed by atoms with Crippen molar-refractivity contribution in [3.05, 3.63) is 46.2 Å². The minimum Gasteiger partial charge on any atom is -0.396 e. The predicted octanol–water partition coefficient (Wildman–Crippen LogP) is 1.81. The predicted molar refractivity (Wildman–Crippen MR) is 84.9 cm³/mol. The highest BCUT2D eigenvalue weighted by Crippen LogP contribution is 2.37. The van der Waals surface area contributed by atoms with Crippen LogP contribution in [0.2, 0.25) is 0 Å². The average molecular weight is 300 g/mol. The minimum absolute atomic E-state index is 0.0497. The van der Waals surface area contributed by atoms with Gasteiger partial charge in [0, 0.05) is 28.4 Å². The Kier molecular flexibility index (Phi) is 3.74. The molecule has 1 aliphatic rings. The van der Waals surface area contributed by atoms with Gasteiger partial charge in [-0.05, 0) is 18.9 Å². The van der Waals surface area contributed by atoms with Gasteiger partial charge in [-0.25, -0.2) is 0 Å². The molecular formula is C17H20N2O3. The van der Waals surface area contributed by atoms with Crippen molar-refractivity contribution < 1.29 is 9.90 Å². The van der Waals surface area contributed by atoms with Gasteiger partial charge in [0.15, 0.2) is 0 Å². The molecule has 0 aliphatic heterocycles. The fraction of sp³-hybridized carbons (Fsp3) is 0.412. The summed E-state index contributed by atoms with van der Waals surface area (Å²) >= 11 is 0. The maximum Gasteiger partial charge on any atom is 0.252 e. The summed E-state index contributed by atoms with van der Waals surface area (Å²) in [5, 5.41) is 13.3. The van der Waals surface area contributed by atoms with E-state index in [2.05, 4.69) is 10.3 Å². The van der Waals surface area contributed by atoms with E-state index in [4.69, 9.17) is 0 Å². The number of carbonyl (C=O) groups excluding carboxylic acids is 1. The number of nitrogens with one attached hydrogen (secondary N) is 2. The van der Waals surface area contributed by atoms with Crippen molar-refractivity contribution in [2.24, 2.45) is 5.41 Å². The topological polar surface area (TPSA) is 82.2 Å². The Morgan fingerprint density at radius 3 is 3.00 bits per heavy atom. The minimum atomic E-state index is -0.291. The largest absolute Gasteiger partial charge is 0.396 e.